The van der Waals surface area contributed by atoms with E-state index in [4.69, 9.17) is 0 Å². The van der Waals surface area contributed by atoms with Gasteiger partial charge in [-0.3, -0.25) is 4.79 Å². The molecule has 1 fully saturated rings. The van der Waals surface area contributed by atoms with Gasteiger partial charge in [0.2, 0.25) is 5.91 Å². The molecule has 4 rings (SSSR count). The third-order valence-corrected chi connectivity index (χ3v) is 6.28. The predicted molar refractivity (Wildman–Crippen MR) is 101 cm³/mol. The van der Waals surface area contributed by atoms with Crippen LogP contribution < -0.4 is 10.2 Å². The number of carbonyl (C=O) groups is 1. The van der Waals surface area contributed by atoms with Crippen molar-refractivity contribution in [3.05, 3.63) is 44.9 Å². The fraction of sp³-hybridized carbons (Fsp3) is 0.450. The number of fused-ring (bicyclic) bond motifs is 1. The molecule has 2 aromatic rings. The fourth-order valence-corrected chi connectivity index (χ4v) is 4.51. The molecule has 1 aliphatic carbocycles. The maximum absolute atomic E-state index is 13.8. The van der Waals surface area contributed by atoms with E-state index in [9.17, 15) is 13.6 Å². The number of nitrogens with one attached hydrogen (secondary N) is 1. The van der Waals surface area contributed by atoms with Crippen molar-refractivity contribution >= 4 is 28.6 Å². The second kappa shape index (κ2) is 6.34. The topological polar surface area (TPSA) is 32.3 Å². The lowest BCUT2D eigenvalue weighted by molar-refractivity contribution is -0.117. The number of halogens is 2. The van der Waals surface area contributed by atoms with Gasteiger partial charge in [-0.05, 0) is 68.0 Å². The lowest BCUT2D eigenvalue weighted by atomic mass is 10.0. The van der Waals surface area contributed by atoms with Crippen LogP contribution in [0.4, 0.5) is 20.2 Å². The number of hydrogen-bond donors (Lipinski definition) is 1. The molecular formula is C20H22F2N2OS. The van der Waals surface area contributed by atoms with Crippen molar-refractivity contribution in [3.8, 4) is 0 Å². The molecule has 0 atom stereocenters. The zero-order valence-corrected chi connectivity index (χ0v) is 15.8. The summed E-state index contributed by atoms with van der Waals surface area (Å²) in [6, 6.07) is 5.71. The Morgan fingerprint density at radius 2 is 1.96 bits per heavy atom. The second-order valence-corrected chi connectivity index (χ2v) is 8.59. The quantitative estimate of drug-likeness (QED) is 0.823. The molecule has 3 nitrogen and oxygen atoms in total. The molecule has 0 spiro atoms. The van der Waals surface area contributed by atoms with Crippen molar-refractivity contribution in [1.29, 1.82) is 0 Å². The maximum atomic E-state index is 13.8. The Hall–Kier alpha value is -1.95. The van der Waals surface area contributed by atoms with Crippen molar-refractivity contribution in [2.45, 2.75) is 51.7 Å². The molecule has 2 aliphatic rings. The highest BCUT2D eigenvalue weighted by molar-refractivity contribution is 7.10. The molecule has 0 unspecified atom stereocenters. The van der Waals surface area contributed by atoms with Gasteiger partial charge in [-0.15, -0.1) is 11.3 Å². The first-order valence-electron chi connectivity index (χ1n) is 8.95. The summed E-state index contributed by atoms with van der Waals surface area (Å²) in [5.41, 5.74) is 3.53. The Morgan fingerprint density at radius 1 is 1.27 bits per heavy atom. The third kappa shape index (κ3) is 3.47. The summed E-state index contributed by atoms with van der Waals surface area (Å²) < 4.78 is 27.3. The van der Waals surface area contributed by atoms with Gasteiger partial charge in [0.05, 0.1) is 6.42 Å². The zero-order chi connectivity index (χ0) is 18.5. The molecule has 138 valence electrons. The highest BCUT2D eigenvalue weighted by Gasteiger charge is 2.44. The summed E-state index contributed by atoms with van der Waals surface area (Å²) in [6.45, 7) is 5.45. The van der Waals surface area contributed by atoms with Crippen molar-refractivity contribution in [2.24, 2.45) is 0 Å². The molecular weight excluding hydrogens is 354 g/mol. The number of nitrogens with zero attached hydrogens (tertiary/aromatic N) is 1. The Balaban J connectivity index is 1.51. The van der Waals surface area contributed by atoms with E-state index < -0.39 is 5.67 Å². The van der Waals surface area contributed by atoms with Crippen LogP contribution in [0.5, 0.6) is 0 Å². The van der Waals surface area contributed by atoms with E-state index in [1.165, 1.54) is 11.3 Å². The first-order valence-corrected chi connectivity index (χ1v) is 9.77. The van der Waals surface area contributed by atoms with Gasteiger partial charge in [-0.25, -0.2) is 4.39 Å². The first-order chi connectivity index (χ1) is 12.3. The van der Waals surface area contributed by atoms with Gasteiger partial charge in [0.1, 0.15) is 5.67 Å². The van der Waals surface area contributed by atoms with Gasteiger partial charge in [0.25, 0.3) is 0 Å². The van der Waals surface area contributed by atoms with E-state index in [1.807, 2.05) is 26.0 Å². The average molecular weight is 376 g/mol. The Kier molecular flexibility index (Phi) is 4.26. The molecule has 6 heteroatoms. The number of aryl methyl sites for hydroxylation is 2. The molecule has 1 amide bonds. The smallest absolute Gasteiger partial charge is 0.227 e. The second-order valence-electron chi connectivity index (χ2n) is 7.50. The molecule has 2 heterocycles. The van der Waals surface area contributed by atoms with Crippen molar-refractivity contribution < 1.29 is 13.6 Å². The highest BCUT2D eigenvalue weighted by atomic mass is 32.1. The van der Waals surface area contributed by atoms with Crippen LogP contribution in [-0.2, 0) is 17.8 Å². The van der Waals surface area contributed by atoms with Crippen LogP contribution in [0.1, 0.15) is 40.8 Å². The van der Waals surface area contributed by atoms with Gasteiger partial charge in [0.15, 0.2) is 5.13 Å². The number of benzene rings is 1. The average Bonchev–Trinajstić information content (AvgIpc) is 3.16. The van der Waals surface area contributed by atoms with Gasteiger partial charge in [-0.2, -0.15) is 4.39 Å². The van der Waals surface area contributed by atoms with Gasteiger partial charge in [-0.1, -0.05) is 0 Å². The van der Waals surface area contributed by atoms with Crippen LogP contribution in [0.25, 0.3) is 0 Å². The summed E-state index contributed by atoms with van der Waals surface area (Å²) in [4.78, 5) is 15.5. The van der Waals surface area contributed by atoms with E-state index in [-0.39, 0.29) is 17.5 Å². The van der Waals surface area contributed by atoms with E-state index in [2.05, 4.69) is 10.2 Å². The lowest BCUT2D eigenvalue weighted by Gasteiger charge is -2.30. The third-order valence-electron chi connectivity index (χ3n) is 5.25. The molecule has 0 radical (unpaired) electrons. The SMILES string of the molecule is Cc1cc(N2CCc3sc(F)cc3C2)cc(C)c1NC(=O)CC1(F)CC1. The Labute approximate surface area is 156 Å². The number of thiophene rings is 1. The van der Waals surface area contributed by atoms with Crippen molar-refractivity contribution in [2.75, 3.05) is 16.8 Å². The van der Waals surface area contributed by atoms with Crippen LogP contribution in [0, 0.1) is 19.0 Å². The normalized spacial score (nSPS) is 17.8. The monoisotopic (exact) mass is 376 g/mol. The molecule has 1 aliphatic heterocycles. The number of carbonyl (C=O) groups excluding carboxylic acids is 1. The lowest BCUT2D eigenvalue weighted by Crippen LogP contribution is -2.29. The summed E-state index contributed by atoms with van der Waals surface area (Å²) >= 11 is 1.24. The van der Waals surface area contributed by atoms with Crippen molar-refractivity contribution in [1.82, 2.24) is 0 Å². The summed E-state index contributed by atoms with van der Waals surface area (Å²) in [5, 5.41) is 2.76. The zero-order valence-electron chi connectivity index (χ0n) is 15.0. The minimum Gasteiger partial charge on any atom is -0.367 e. The molecule has 1 N–H and O–H groups in total. The van der Waals surface area contributed by atoms with Crippen LogP contribution in [-0.4, -0.2) is 18.1 Å². The molecule has 1 aromatic carbocycles. The minimum atomic E-state index is -1.28. The standard InChI is InChI=1S/C20H22F2N2OS/c1-12-7-15(24-6-3-16-14(11-24)9-17(21)26-16)8-13(2)19(12)23-18(25)10-20(22)4-5-20/h7-9H,3-6,10-11H2,1-2H3,(H,23,25). The van der Waals surface area contributed by atoms with Crippen LogP contribution in [0.3, 0.4) is 0 Å². The summed E-state index contributed by atoms with van der Waals surface area (Å²) in [5.74, 6) is -0.264. The fourth-order valence-electron chi connectivity index (χ4n) is 3.62. The molecule has 1 aromatic heterocycles. The minimum absolute atomic E-state index is 0.0632. The van der Waals surface area contributed by atoms with Crippen LogP contribution in [0.2, 0.25) is 0 Å². The summed E-state index contributed by atoms with van der Waals surface area (Å²) in [7, 11) is 0. The van der Waals surface area contributed by atoms with Gasteiger partial charge in [0, 0.05) is 29.3 Å². The van der Waals surface area contributed by atoms with E-state index in [1.54, 1.807) is 6.07 Å². The Bertz CT molecular complexity index is 850. The number of rotatable bonds is 4. The first kappa shape index (κ1) is 17.5. The van der Waals surface area contributed by atoms with Gasteiger partial charge >= 0.3 is 0 Å². The molecule has 1 saturated carbocycles. The van der Waals surface area contributed by atoms with Crippen molar-refractivity contribution in [3.63, 3.8) is 0 Å². The number of amides is 1. The molecule has 0 bridgehead atoms. The summed E-state index contributed by atoms with van der Waals surface area (Å²) in [6.07, 6.45) is 1.75. The van der Waals surface area contributed by atoms with Gasteiger partial charge < -0.3 is 10.2 Å². The maximum Gasteiger partial charge on any atom is 0.227 e. The molecule has 26 heavy (non-hydrogen) atoms. The van der Waals surface area contributed by atoms with Crippen LogP contribution >= 0.6 is 11.3 Å². The van der Waals surface area contributed by atoms with E-state index in [0.717, 1.165) is 45.9 Å². The predicted octanol–water partition coefficient (Wildman–Crippen LogP) is 4.90. The van der Waals surface area contributed by atoms with E-state index in [0.29, 0.717) is 19.4 Å². The number of anilines is 2. The van der Waals surface area contributed by atoms with Crippen LogP contribution in [0.15, 0.2) is 18.2 Å². The Morgan fingerprint density at radius 3 is 2.62 bits per heavy atom. The van der Waals surface area contributed by atoms with E-state index >= 15 is 0 Å². The largest absolute Gasteiger partial charge is 0.367 e. The highest BCUT2D eigenvalue weighted by Crippen LogP contribution is 2.43. The number of alkyl halides is 1. The molecule has 0 saturated heterocycles. The number of hydrogen-bond acceptors (Lipinski definition) is 3.